The fraction of sp³-hybridized carbons (Fsp3) is 0.0625. The fourth-order valence-corrected chi connectivity index (χ4v) is 3.09. The van der Waals surface area contributed by atoms with E-state index in [1.165, 1.54) is 0 Å². The zero-order valence-corrected chi connectivity index (χ0v) is 12.0. The van der Waals surface area contributed by atoms with Crippen LogP contribution in [0.25, 0.3) is 11.3 Å². The minimum atomic E-state index is -0.100. The second-order valence-corrected chi connectivity index (χ2v) is 5.71. The van der Waals surface area contributed by atoms with Crippen LogP contribution in [0.5, 0.6) is 0 Å². The zero-order chi connectivity index (χ0) is 13.7. The van der Waals surface area contributed by atoms with Crippen LogP contribution in [0, 0.1) is 0 Å². The predicted octanol–water partition coefficient (Wildman–Crippen LogP) is 3.80. The smallest absolute Gasteiger partial charge is 0.260 e. The molecule has 0 spiro atoms. The Labute approximate surface area is 124 Å². The van der Waals surface area contributed by atoms with Gasteiger partial charge < -0.3 is 10.1 Å². The van der Waals surface area contributed by atoms with Gasteiger partial charge in [-0.2, -0.15) is 0 Å². The van der Waals surface area contributed by atoms with Crippen LogP contribution in [0.1, 0.15) is 16.7 Å². The Balaban J connectivity index is 1.96. The van der Waals surface area contributed by atoms with E-state index in [9.17, 15) is 4.79 Å². The first-order chi connectivity index (χ1) is 9.74. The molecule has 0 aromatic heterocycles. The van der Waals surface area contributed by atoms with E-state index in [0.717, 1.165) is 26.9 Å². The average molecular weight is 328 g/mol. The molecule has 0 radical (unpaired) electrons. The first kappa shape index (κ1) is 11.7. The summed E-state index contributed by atoms with van der Waals surface area (Å²) in [6.45, 7) is 0.503. The van der Waals surface area contributed by atoms with Crippen LogP contribution < -0.4 is 5.32 Å². The van der Waals surface area contributed by atoms with E-state index in [2.05, 4.69) is 21.2 Å². The van der Waals surface area contributed by atoms with Crippen LogP contribution in [-0.2, 0) is 16.1 Å². The first-order valence-corrected chi connectivity index (χ1v) is 7.10. The van der Waals surface area contributed by atoms with Gasteiger partial charge in [0.1, 0.15) is 12.4 Å². The molecule has 4 heteroatoms. The minimum absolute atomic E-state index is 0.100. The summed E-state index contributed by atoms with van der Waals surface area (Å²) < 4.78 is 6.80. The third kappa shape index (κ3) is 1.61. The van der Waals surface area contributed by atoms with Gasteiger partial charge in [-0.15, -0.1) is 0 Å². The maximum Gasteiger partial charge on any atom is 0.260 e. The summed E-state index contributed by atoms with van der Waals surface area (Å²) >= 11 is 3.46. The highest BCUT2D eigenvalue weighted by Gasteiger charge is 2.32. The van der Waals surface area contributed by atoms with Crippen LogP contribution in [0.15, 0.2) is 46.9 Å². The second-order valence-electron chi connectivity index (χ2n) is 4.79. The molecule has 2 aliphatic heterocycles. The Morgan fingerprint density at radius 2 is 1.95 bits per heavy atom. The second kappa shape index (κ2) is 4.21. The van der Waals surface area contributed by atoms with Crippen molar-refractivity contribution in [3.05, 3.63) is 63.6 Å². The molecule has 98 valence electrons. The lowest BCUT2D eigenvalue weighted by atomic mass is 10.0. The molecular formula is C16H10BrNO2. The lowest BCUT2D eigenvalue weighted by Crippen LogP contribution is -2.05. The van der Waals surface area contributed by atoms with Crippen LogP contribution >= 0.6 is 15.9 Å². The Morgan fingerprint density at radius 1 is 1.10 bits per heavy atom. The molecule has 0 saturated heterocycles. The highest BCUT2D eigenvalue weighted by Crippen LogP contribution is 2.41. The highest BCUT2D eigenvalue weighted by molar-refractivity contribution is 9.10. The third-order valence-electron chi connectivity index (χ3n) is 3.58. The number of ether oxygens (including phenoxy) is 1. The zero-order valence-electron chi connectivity index (χ0n) is 10.4. The summed E-state index contributed by atoms with van der Waals surface area (Å²) in [7, 11) is 0. The minimum Gasteiger partial charge on any atom is -0.487 e. The monoisotopic (exact) mass is 327 g/mol. The third-order valence-corrected chi connectivity index (χ3v) is 4.08. The SMILES string of the molecule is O=C1Nc2ccccc2C1=C1OCc2cc(Br)ccc21. The molecule has 0 saturated carbocycles. The number of carbonyl (C=O) groups is 1. The number of fused-ring (bicyclic) bond motifs is 2. The molecule has 0 bridgehead atoms. The summed E-state index contributed by atoms with van der Waals surface area (Å²) in [6.07, 6.45) is 0. The van der Waals surface area contributed by atoms with E-state index >= 15 is 0 Å². The van der Waals surface area contributed by atoms with Crippen LogP contribution in [-0.4, -0.2) is 5.91 Å². The van der Waals surface area contributed by atoms with Gasteiger partial charge in [-0.1, -0.05) is 34.1 Å². The topological polar surface area (TPSA) is 38.3 Å². The van der Waals surface area contributed by atoms with Crippen LogP contribution in [0.4, 0.5) is 5.69 Å². The molecule has 2 aliphatic rings. The van der Waals surface area contributed by atoms with Crippen LogP contribution in [0.3, 0.4) is 0 Å². The molecule has 4 rings (SSSR count). The number of para-hydroxylation sites is 1. The van der Waals surface area contributed by atoms with E-state index in [0.29, 0.717) is 17.9 Å². The Morgan fingerprint density at radius 3 is 2.85 bits per heavy atom. The molecule has 3 nitrogen and oxygen atoms in total. The number of hydrogen-bond acceptors (Lipinski definition) is 2. The average Bonchev–Trinajstić information content (AvgIpc) is 2.97. The molecule has 0 fully saturated rings. The van der Waals surface area contributed by atoms with E-state index in [-0.39, 0.29) is 5.91 Å². The maximum absolute atomic E-state index is 12.2. The summed E-state index contributed by atoms with van der Waals surface area (Å²) in [4.78, 5) is 12.2. The molecule has 2 aromatic carbocycles. The van der Waals surface area contributed by atoms with Crippen molar-refractivity contribution in [3.8, 4) is 0 Å². The van der Waals surface area contributed by atoms with Crippen molar-refractivity contribution < 1.29 is 9.53 Å². The number of anilines is 1. The number of nitrogens with one attached hydrogen (secondary N) is 1. The van der Waals surface area contributed by atoms with Crippen molar-refractivity contribution in [2.75, 3.05) is 5.32 Å². The van der Waals surface area contributed by atoms with Gasteiger partial charge in [0.15, 0.2) is 0 Å². The molecule has 2 aromatic rings. The van der Waals surface area contributed by atoms with Crippen molar-refractivity contribution in [1.82, 2.24) is 0 Å². The maximum atomic E-state index is 12.2. The van der Waals surface area contributed by atoms with E-state index < -0.39 is 0 Å². The number of carbonyl (C=O) groups excluding carboxylic acids is 1. The normalized spacial score (nSPS) is 19.4. The molecule has 0 atom stereocenters. The van der Waals surface area contributed by atoms with Gasteiger partial charge >= 0.3 is 0 Å². The molecular weight excluding hydrogens is 318 g/mol. The van der Waals surface area contributed by atoms with Crippen molar-refractivity contribution in [2.24, 2.45) is 0 Å². The molecule has 2 heterocycles. The largest absolute Gasteiger partial charge is 0.487 e. The van der Waals surface area contributed by atoms with Gasteiger partial charge in [-0.3, -0.25) is 4.79 Å². The van der Waals surface area contributed by atoms with Gasteiger partial charge in [0.25, 0.3) is 5.91 Å². The lowest BCUT2D eigenvalue weighted by Gasteiger charge is -2.04. The van der Waals surface area contributed by atoms with E-state index in [1.807, 2.05) is 42.5 Å². The van der Waals surface area contributed by atoms with Crippen molar-refractivity contribution >= 4 is 38.9 Å². The Kier molecular flexibility index (Phi) is 2.47. The number of rotatable bonds is 0. The molecule has 1 amide bonds. The molecule has 1 N–H and O–H groups in total. The number of hydrogen-bond donors (Lipinski definition) is 1. The van der Waals surface area contributed by atoms with Gasteiger partial charge in [0, 0.05) is 26.9 Å². The van der Waals surface area contributed by atoms with Gasteiger partial charge in [0.2, 0.25) is 0 Å². The summed E-state index contributed by atoms with van der Waals surface area (Å²) in [5.41, 5.74) is 4.47. The quantitative estimate of drug-likeness (QED) is 0.747. The standard InChI is InChI=1S/C16H10BrNO2/c17-10-5-6-11-9(7-10)8-20-15(11)14-12-3-1-2-4-13(12)18-16(14)19/h1-7H,8H2,(H,18,19). The first-order valence-electron chi connectivity index (χ1n) is 6.30. The number of halogens is 1. The van der Waals surface area contributed by atoms with Crippen molar-refractivity contribution in [3.63, 3.8) is 0 Å². The van der Waals surface area contributed by atoms with E-state index in [4.69, 9.17) is 4.74 Å². The van der Waals surface area contributed by atoms with Crippen molar-refractivity contribution in [2.45, 2.75) is 6.61 Å². The molecule has 0 unspecified atom stereocenters. The summed E-state index contributed by atoms with van der Waals surface area (Å²) in [5, 5.41) is 2.88. The summed E-state index contributed by atoms with van der Waals surface area (Å²) in [6, 6.07) is 13.7. The fourth-order valence-electron chi connectivity index (χ4n) is 2.68. The number of benzene rings is 2. The molecule has 20 heavy (non-hydrogen) atoms. The lowest BCUT2D eigenvalue weighted by molar-refractivity contribution is -0.110. The Hall–Kier alpha value is -2.07. The Bertz CT molecular complexity index is 780. The van der Waals surface area contributed by atoms with E-state index in [1.54, 1.807) is 0 Å². The predicted molar refractivity (Wildman–Crippen MR) is 80.8 cm³/mol. The van der Waals surface area contributed by atoms with Gasteiger partial charge in [-0.25, -0.2) is 0 Å². The van der Waals surface area contributed by atoms with Crippen molar-refractivity contribution in [1.29, 1.82) is 0 Å². The van der Waals surface area contributed by atoms with Gasteiger partial charge in [0.05, 0.1) is 5.57 Å². The molecule has 0 aliphatic carbocycles. The van der Waals surface area contributed by atoms with Gasteiger partial charge in [-0.05, 0) is 24.3 Å². The number of amides is 1. The van der Waals surface area contributed by atoms with Crippen LogP contribution in [0.2, 0.25) is 0 Å². The summed E-state index contributed by atoms with van der Waals surface area (Å²) in [5.74, 6) is 0.576. The highest BCUT2D eigenvalue weighted by atomic mass is 79.9.